The highest BCUT2D eigenvalue weighted by Gasteiger charge is 2.39. The maximum Gasteiger partial charge on any atom is 0.322 e. The van der Waals surface area contributed by atoms with E-state index in [0.717, 1.165) is 0 Å². The van der Waals surface area contributed by atoms with E-state index in [1.165, 1.54) is 15.8 Å². The van der Waals surface area contributed by atoms with E-state index in [1.54, 1.807) is 6.92 Å². The molecular weight excluding hydrogens is 437 g/mol. The topological polar surface area (TPSA) is 105 Å². The third kappa shape index (κ3) is 3.89. The van der Waals surface area contributed by atoms with Crippen LogP contribution in [0.5, 0.6) is 0 Å². The molecule has 12 heteroatoms. The molecule has 2 aromatic rings. The number of sulfone groups is 1. The van der Waals surface area contributed by atoms with Crippen molar-refractivity contribution in [2.75, 3.05) is 5.32 Å². The van der Waals surface area contributed by atoms with Gasteiger partial charge in [-0.1, -0.05) is 0 Å². The van der Waals surface area contributed by atoms with Gasteiger partial charge in [-0.15, -0.1) is 0 Å². The van der Waals surface area contributed by atoms with Gasteiger partial charge in [0.1, 0.15) is 4.90 Å². The second-order valence-corrected chi connectivity index (χ2v) is 10.1. The normalized spacial score (nSPS) is 23.6. The maximum absolute atomic E-state index is 13.4. The van der Waals surface area contributed by atoms with Gasteiger partial charge in [0.25, 0.3) is 0 Å². The minimum absolute atomic E-state index is 0.00942. The van der Waals surface area contributed by atoms with Gasteiger partial charge >= 0.3 is 6.03 Å². The predicted molar refractivity (Wildman–Crippen MR) is 103 cm³/mol. The van der Waals surface area contributed by atoms with Crippen LogP contribution in [-0.4, -0.2) is 51.6 Å². The third-order valence-corrected chi connectivity index (χ3v) is 8.06. The molecule has 1 aliphatic carbocycles. The number of aromatic nitrogens is 2. The predicted octanol–water partition coefficient (Wildman–Crippen LogP) is 2.42. The molecule has 2 N–H and O–H groups in total. The van der Waals surface area contributed by atoms with E-state index < -0.39 is 50.7 Å². The quantitative estimate of drug-likeness (QED) is 0.688. The van der Waals surface area contributed by atoms with Gasteiger partial charge in [-0.25, -0.2) is 26.4 Å². The number of rotatable bonds is 3. The summed E-state index contributed by atoms with van der Waals surface area (Å²) in [5.41, 5.74) is 0.0616. The lowest BCUT2D eigenvalue weighted by molar-refractivity contribution is 0.160. The molecule has 8 nitrogen and oxygen atoms in total. The molecule has 2 unspecified atom stereocenters. The summed E-state index contributed by atoms with van der Waals surface area (Å²) in [5, 5.41) is 15.5. The number of carbonyl (C=O) groups excluding carboxylic acids is 1. The van der Waals surface area contributed by atoms with Crippen molar-refractivity contribution in [1.82, 2.24) is 14.7 Å². The Labute approximate surface area is 176 Å². The molecular formula is C19H21F3N4O4S. The molecule has 0 bridgehead atoms. The number of hydrogen-bond acceptors (Lipinski definition) is 5. The number of benzene rings is 1. The first-order valence-electron chi connectivity index (χ1n) is 9.76. The number of hydrogen-bond donors (Lipinski definition) is 2. The van der Waals surface area contributed by atoms with E-state index in [9.17, 15) is 31.5 Å². The fourth-order valence-corrected chi connectivity index (χ4v) is 6.06. The summed E-state index contributed by atoms with van der Waals surface area (Å²) in [6.45, 7) is 1.85. The number of anilines is 1. The largest absolute Gasteiger partial charge is 0.393 e. The van der Waals surface area contributed by atoms with Gasteiger partial charge < -0.3 is 15.3 Å². The van der Waals surface area contributed by atoms with Gasteiger partial charge in [-0.05, 0) is 26.2 Å². The Balaban J connectivity index is 1.58. The first kappa shape index (κ1) is 21.6. The Bertz CT molecular complexity index is 1110. The Kier molecular flexibility index (Phi) is 5.46. The van der Waals surface area contributed by atoms with E-state index in [1.807, 2.05) is 0 Å². The third-order valence-electron chi connectivity index (χ3n) is 5.80. The number of halogens is 3. The highest BCUT2D eigenvalue weighted by molar-refractivity contribution is 7.92. The molecule has 1 aromatic carbocycles. The zero-order valence-electron chi connectivity index (χ0n) is 16.6. The minimum Gasteiger partial charge on any atom is -0.393 e. The highest BCUT2D eigenvalue weighted by Crippen LogP contribution is 2.33. The molecule has 2 amide bonds. The molecule has 0 saturated heterocycles. The van der Waals surface area contributed by atoms with Crippen LogP contribution in [0.3, 0.4) is 0 Å². The number of carbonyl (C=O) groups is 1. The van der Waals surface area contributed by atoms with E-state index >= 15 is 0 Å². The molecule has 3 atom stereocenters. The standard InChI is InChI=1S/C19H21F3N4O4S/c1-10-8-26-16(17(7-23-26)31(29,30)13-3-2-12(27)6-13)9-25(10)19(28)24-11-4-14(20)18(22)15(21)5-11/h4-5,7,10,12-13,27H,2-3,6,8-9H2,1H3,(H,24,28)/t10-,12?,13?/m0/s1. The summed E-state index contributed by atoms with van der Waals surface area (Å²) >= 11 is 0. The van der Waals surface area contributed by atoms with Crippen LogP contribution in [0.4, 0.5) is 23.7 Å². The number of fused-ring (bicyclic) bond motifs is 1. The second-order valence-electron chi connectivity index (χ2n) is 7.93. The Morgan fingerprint density at radius 1 is 1.23 bits per heavy atom. The molecule has 31 heavy (non-hydrogen) atoms. The molecule has 2 aliphatic rings. The van der Waals surface area contributed by atoms with Gasteiger partial charge in [0.05, 0.1) is 42.4 Å². The van der Waals surface area contributed by atoms with Crippen LogP contribution in [0.2, 0.25) is 0 Å². The number of urea groups is 1. The fourth-order valence-electron chi connectivity index (χ4n) is 4.09. The lowest BCUT2D eigenvalue weighted by atomic mass is 10.2. The van der Waals surface area contributed by atoms with Gasteiger partial charge in [-0.2, -0.15) is 5.10 Å². The summed E-state index contributed by atoms with van der Waals surface area (Å²) in [7, 11) is -3.75. The van der Waals surface area contributed by atoms with Gasteiger partial charge in [0.15, 0.2) is 27.3 Å². The molecule has 2 heterocycles. The number of nitrogens with one attached hydrogen (secondary N) is 1. The molecule has 1 aliphatic heterocycles. The van der Waals surface area contributed by atoms with Gasteiger partial charge in [-0.3, -0.25) is 4.68 Å². The summed E-state index contributed by atoms with van der Waals surface area (Å²) in [6.07, 6.45) is 1.49. The number of aliphatic hydroxyl groups is 1. The molecule has 1 fully saturated rings. The average Bonchev–Trinajstić information content (AvgIpc) is 3.31. The minimum atomic E-state index is -3.75. The van der Waals surface area contributed by atoms with Crippen LogP contribution < -0.4 is 5.32 Å². The zero-order valence-corrected chi connectivity index (χ0v) is 17.4. The number of nitrogens with zero attached hydrogens (tertiary/aromatic N) is 3. The van der Waals surface area contributed by atoms with Gasteiger partial charge in [0, 0.05) is 17.8 Å². The van der Waals surface area contributed by atoms with Crippen molar-refractivity contribution in [3.63, 3.8) is 0 Å². The van der Waals surface area contributed by atoms with E-state index in [0.29, 0.717) is 30.7 Å². The summed E-state index contributed by atoms with van der Waals surface area (Å²) in [5.74, 6) is -4.51. The Hall–Kier alpha value is -2.60. The Morgan fingerprint density at radius 3 is 2.52 bits per heavy atom. The number of aliphatic hydroxyl groups excluding tert-OH is 1. The summed E-state index contributed by atoms with van der Waals surface area (Å²) in [4.78, 5) is 14.1. The first-order chi connectivity index (χ1) is 14.6. The molecule has 0 spiro atoms. The average molecular weight is 458 g/mol. The van der Waals surface area contributed by atoms with Crippen molar-refractivity contribution in [3.8, 4) is 0 Å². The molecule has 0 radical (unpaired) electrons. The van der Waals surface area contributed by atoms with Crippen LogP contribution in [0.15, 0.2) is 23.2 Å². The van der Waals surface area contributed by atoms with Crippen molar-refractivity contribution in [2.45, 2.75) is 61.6 Å². The second kappa shape index (κ2) is 7.83. The lowest BCUT2D eigenvalue weighted by Crippen LogP contribution is -2.47. The van der Waals surface area contributed by atoms with Crippen molar-refractivity contribution >= 4 is 21.6 Å². The van der Waals surface area contributed by atoms with Crippen LogP contribution in [0, 0.1) is 17.5 Å². The smallest absolute Gasteiger partial charge is 0.322 e. The van der Waals surface area contributed by atoms with Crippen molar-refractivity contribution in [2.24, 2.45) is 0 Å². The molecule has 4 rings (SSSR count). The molecule has 1 saturated carbocycles. The summed E-state index contributed by atoms with van der Waals surface area (Å²) < 4.78 is 67.7. The van der Waals surface area contributed by atoms with E-state index in [4.69, 9.17) is 0 Å². The van der Waals surface area contributed by atoms with Crippen LogP contribution >= 0.6 is 0 Å². The Morgan fingerprint density at radius 2 is 1.90 bits per heavy atom. The van der Waals surface area contributed by atoms with Crippen LogP contribution in [0.25, 0.3) is 0 Å². The van der Waals surface area contributed by atoms with E-state index in [2.05, 4.69) is 10.4 Å². The first-order valence-corrected chi connectivity index (χ1v) is 11.3. The van der Waals surface area contributed by atoms with Gasteiger partial charge in [0.2, 0.25) is 0 Å². The van der Waals surface area contributed by atoms with Crippen LogP contribution in [0.1, 0.15) is 31.9 Å². The molecule has 168 valence electrons. The summed E-state index contributed by atoms with van der Waals surface area (Å²) in [6, 6.07) is 0.212. The fraction of sp³-hybridized carbons (Fsp3) is 0.474. The van der Waals surface area contributed by atoms with Crippen molar-refractivity contribution in [3.05, 3.63) is 41.5 Å². The lowest BCUT2D eigenvalue weighted by Gasteiger charge is -2.34. The monoisotopic (exact) mass is 458 g/mol. The highest BCUT2D eigenvalue weighted by atomic mass is 32.2. The SMILES string of the molecule is C[C@H]1Cn2ncc(S(=O)(=O)C3CCC(O)C3)c2CN1C(=O)Nc1cc(F)c(F)c(F)c1. The maximum atomic E-state index is 13.4. The van der Waals surface area contributed by atoms with Crippen molar-refractivity contribution in [1.29, 1.82) is 0 Å². The number of amides is 2. The van der Waals surface area contributed by atoms with E-state index in [-0.39, 0.29) is 30.1 Å². The zero-order chi connectivity index (χ0) is 22.5. The van der Waals surface area contributed by atoms with Crippen LogP contribution in [-0.2, 0) is 22.9 Å². The van der Waals surface area contributed by atoms with Crippen molar-refractivity contribution < 1.29 is 31.5 Å². The molecule has 1 aromatic heterocycles.